The molecule has 0 aliphatic carbocycles. The van der Waals surface area contributed by atoms with Gasteiger partial charge in [0.25, 0.3) is 0 Å². The predicted molar refractivity (Wildman–Crippen MR) is 46.1 cm³/mol. The fourth-order valence-electron chi connectivity index (χ4n) is 0. The molecular weight excluding hydrogens is 196 g/mol. The molecule has 0 aliphatic rings. The van der Waals surface area contributed by atoms with E-state index in [1.54, 1.807) is 0 Å². The number of hydrogen-bond donors (Lipinski definition) is 2. The van der Waals surface area contributed by atoms with Gasteiger partial charge in [0.2, 0.25) is 0 Å². The zero-order valence-electron chi connectivity index (χ0n) is 10.3. The van der Waals surface area contributed by atoms with Gasteiger partial charge < -0.3 is 32.3 Å². The molecule has 0 heterocycles. The predicted octanol–water partition coefficient (Wildman–Crippen LogP) is -3.33. The van der Waals surface area contributed by atoms with Crippen molar-refractivity contribution in [3.05, 3.63) is 0 Å². The van der Waals surface area contributed by atoms with Gasteiger partial charge in [-0.2, -0.15) is 0 Å². The van der Waals surface area contributed by atoms with E-state index >= 15 is 0 Å². The van der Waals surface area contributed by atoms with Crippen molar-refractivity contribution in [2.24, 2.45) is 0 Å². The number of carboxylic acid groups (broad SMARTS) is 1. The summed E-state index contributed by atoms with van der Waals surface area (Å²) >= 11 is 0. The van der Waals surface area contributed by atoms with E-state index in [1.165, 1.54) is 6.92 Å². The second kappa shape index (κ2) is 22.5. The fraction of sp³-hybridized carbons (Fsp3) is 0.667. The van der Waals surface area contributed by atoms with Crippen LogP contribution in [0.5, 0.6) is 0 Å². The Morgan fingerprint density at radius 2 is 1.45 bits per heavy atom. The van der Waals surface area contributed by atoms with E-state index in [4.69, 9.17) is 10.2 Å². The van der Waals surface area contributed by atoms with E-state index in [1.807, 2.05) is 0 Å². The summed E-state index contributed by atoms with van der Waals surface area (Å²) in [6.07, 6.45) is -1.23. The molecule has 0 aromatic rings. The van der Waals surface area contributed by atoms with Gasteiger partial charge in [0.1, 0.15) is 6.10 Å². The molecule has 0 rings (SSSR count). The molecule has 11 heavy (non-hydrogen) atoms. The van der Waals surface area contributed by atoms with Gasteiger partial charge in [-0.3, -0.25) is 0 Å². The van der Waals surface area contributed by atoms with Gasteiger partial charge in [0.05, 0.1) is 0 Å². The van der Waals surface area contributed by atoms with Crippen LogP contribution in [0.15, 0.2) is 0 Å². The SMILES string of the molecule is CC(O)C(=O)O.O.O.O.[Ca+2].[H-].[H-].[H-].[H-].[Mg+2]. The Hall–Kier alpha value is 1.34. The maximum Gasteiger partial charge on any atom is 2.00 e. The van der Waals surface area contributed by atoms with Crippen molar-refractivity contribution in [2.45, 2.75) is 13.0 Å². The Bertz CT molecular complexity index is 81.4. The number of hydrogen-bond acceptors (Lipinski definition) is 2. The van der Waals surface area contributed by atoms with Crippen LogP contribution < -0.4 is 0 Å². The molecule has 0 amide bonds. The monoisotopic (exact) mass is 212 g/mol. The topological polar surface area (TPSA) is 152 Å². The standard InChI is InChI=1S/C3H6O3.Ca.Mg.3H2O.4H/c1-2(4)3(5)6;;;;;;;;;/h2,4H,1H3,(H,5,6);;;3*1H2;;;;/q;2*+2;;;;4*-1. The Labute approximate surface area is 116 Å². The molecule has 8 N–H and O–H groups in total. The van der Waals surface area contributed by atoms with E-state index < -0.39 is 12.1 Å². The number of aliphatic hydroxyl groups excluding tert-OH is 1. The summed E-state index contributed by atoms with van der Waals surface area (Å²) in [5.74, 6) is -1.19. The summed E-state index contributed by atoms with van der Waals surface area (Å²) in [4.78, 5) is 9.45. The molecule has 0 radical (unpaired) electrons. The van der Waals surface area contributed by atoms with Crippen LogP contribution in [0.4, 0.5) is 0 Å². The molecular formula is C3H16CaMgO6. The van der Waals surface area contributed by atoms with Crippen molar-refractivity contribution in [1.29, 1.82) is 0 Å². The molecule has 0 spiro atoms. The van der Waals surface area contributed by atoms with Crippen LogP contribution in [0.1, 0.15) is 12.6 Å². The third-order valence-electron chi connectivity index (χ3n) is 0.357. The molecule has 68 valence electrons. The number of aliphatic hydroxyl groups is 1. The van der Waals surface area contributed by atoms with E-state index in [0.29, 0.717) is 0 Å². The van der Waals surface area contributed by atoms with Crippen LogP contribution >= 0.6 is 0 Å². The van der Waals surface area contributed by atoms with E-state index in [0.717, 1.165) is 0 Å². The second-order valence-electron chi connectivity index (χ2n) is 1.01. The fourth-order valence-corrected chi connectivity index (χ4v) is 0. The summed E-state index contributed by atoms with van der Waals surface area (Å²) in [5.41, 5.74) is 0. The summed E-state index contributed by atoms with van der Waals surface area (Å²) < 4.78 is 0. The molecule has 0 bridgehead atoms. The first-order valence-corrected chi connectivity index (χ1v) is 1.55. The largest absolute Gasteiger partial charge is 2.00 e. The van der Waals surface area contributed by atoms with Crippen LogP contribution in [0, 0.1) is 0 Å². The summed E-state index contributed by atoms with van der Waals surface area (Å²) in [7, 11) is 0. The maximum absolute atomic E-state index is 9.45. The Morgan fingerprint density at radius 3 is 1.45 bits per heavy atom. The molecule has 8 heteroatoms. The zero-order valence-corrected chi connectivity index (χ0v) is 9.92. The van der Waals surface area contributed by atoms with Crippen molar-refractivity contribution < 1.29 is 37.1 Å². The normalized spacial score (nSPS) is 7.45. The maximum atomic E-state index is 9.45. The minimum Gasteiger partial charge on any atom is -1.00 e. The molecule has 0 saturated carbocycles. The quantitative estimate of drug-likeness (QED) is 0.437. The van der Waals surface area contributed by atoms with Crippen LogP contribution in [0.25, 0.3) is 0 Å². The zero-order chi connectivity index (χ0) is 5.15. The van der Waals surface area contributed by atoms with Crippen molar-refractivity contribution >= 4 is 66.8 Å². The van der Waals surface area contributed by atoms with Crippen molar-refractivity contribution in [2.75, 3.05) is 0 Å². The third-order valence-corrected chi connectivity index (χ3v) is 0.357. The minimum atomic E-state index is -1.23. The van der Waals surface area contributed by atoms with Crippen molar-refractivity contribution in [3.8, 4) is 0 Å². The molecule has 0 aromatic heterocycles. The first-order chi connectivity index (χ1) is 2.64. The van der Waals surface area contributed by atoms with Gasteiger partial charge in [-0.15, -0.1) is 0 Å². The smallest absolute Gasteiger partial charge is 1.00 e. The van der Waals surface area contributed by atoms with Gasteiger partial charge in [-0.25, -0.2) is 4.79 Å². The summed E-state index contributed by atoms with van der Waals surface area (Å²) in [6.45, 7) is 1.20. The van der Waals surface area contributed by atoms with Gasteiger partial charge >= 0.3 is 66.8 Å². The summed E-state index contributed by atoms with van der Waals surface area (Å²) in [5, 5.41) is 15.8. The molecule has 6 nitrogen and oxygen atoms in total. The average Bonchev–Trinajstić information content (AvgIpc) is 1.36. The Balaban J connectivity index is -0.00000000347. The average molecular weight is 213 g/mol. The van der Waals surface area contributed by atoms with Gasteiger partial charge in [0.15, 0.2) is 0 Å². The second-order valence-corrected chi connectivity index (χ2v) is 1.01. The number of rotatable bonds is 1. The molecule has 0 fully saturated rings. The van der Waals surface area contributed by atoms with Crippen LogP contribution in [-0.2, 0) is 4.79 Å². The number of carboxylic acids is 1. The van der Waals surface area contributed by atoms with E-state index in [2.05, 4.69) is 0 Å². The van der Waals surface area contributed by atoms with Gasteiger partial charge in [0, 0.05) is 0 Å². The van der Waals surface area contributed by atoms with Gasteiger partial charge in [-0.1, -0.05) is 0 Å². The minimum absolute atomic E-state index is 0. The molecule has 0 aromatic carbocycles. The molecule has 0 aliphatic heterocycles. The number of carbonyl (C=O) groups is 1. The Kier molecular flexibility index (Phi) is 80.8. The first-order valence-electron chi connectivity index (χ1n) is 1.55. The molecule has 1 atom stereocenters. The van der Waals surface area contributed by atoms with Crippen LogP contribution in [0.2, 0.25) is 0 Å². The van der Waals surface area contributed by atoms with Crippen LogP contribution in [0.3, 0.4) is 0 Å². The molecule has 0 saturated heterocycles. The van der Waals surface area contributed by atoms with Crippen molar-refractivity contribution in [3.63, 3.8) is 0 Å². The third kappa shape index (κ3) is 34.7. The van der Waals surface area contributed by atoms with E-state index in [-0.39, 0.29) is 82.9 Å². The van der Waals surface area contributed by atoms with Gasteiger partial charge in [-0.05, 0) is 6.92 Å². The molecule has 1 unspecified atom stereocenters. The first kappa shape index (κ1) is 39.5. The Morgan fingerprint density at radius 1 is 1.36 bits per heavy atom. The van der Waals surface area contributed by atoms with Crippen LogP contribution in [-0.4, -0.2) is 99.5 Å². The van der Waals surface area contributed by atoms with E-state index in [9.17, 15) is 4.79 Å². The summed E-state index contributed by atoms with van der Waals surface area (Å²) in [6, 6.07) is 0. The number of aliphatic carboxylic acids is 1. The van der Waals surface area contributed by atoms with Crippen molar-refractivity contribution in [1.82, 2.24) is 0 Å².